The van der Waals surface area contributed by atoms with Crippen molar-refractivity contribution in [2.45, 2.75) is 51.5 Å². The van der Waals surface area contributed by atoms with Gasteiger partial charge in [-0.05, 0) is 25.3 Å². The molecule has 3 amide bonds. The van der Waals surface area contributed by atoms with E-state index in [2.05, 4.69) is 29.6 Å². The molecule has 2 fully saturated rings. The molecular formula is C21H29N3O3. The quantitative estimate of drug-likeness (QED) is 0.858. The number of carbonyl (C=O) groups is 3. The number of piperidine rings is 1. The smallest absolute Gasteiger partial charge is 0.224 e. The highest BCUT2D eigenvalue weighted by Crippen LogP contribution is 2.28. The standard InChI is InChI=1S/C21H29N3O3/c1-15-6-8-17(9-7-15)18-13-24(14-19(18)22-16(2)25)21(27)10-12-23-11-4-3-5-20(23)26/h6-9,18-19H,3-5,10-14H2,1-2H3,(H,22,25). The Morgan fingerprint density at radius 2 is 1.89 bits per heavy atom. The van der Waals surface area contributed by atoms with Crippen LogP contribution in [0.25, 0.3) is 0 Å². The maximum Gasteiger partial charge on any atom is 0.224 e. The van der Waals surface area contributed by atoms with Crippen molar-refractivity contribution in [1.82, 2.24) is 15.1 Å². The first-order valence-electron chi connectivity index (χ1n) is 9.83. The van der Waals surface area contributed by atoms with E-state index in [0.717, 1.165) is 24.9 Å². The van der Waals surface area contributed by atoms with Gasteiger partial charge in [0, 0.05) is 51.9 Å². The topological polar surface area (TPSA) is 69.7 Å². The van der Waals surface area contributed by atoms with Crippen LogP contribution in [0.5, 0.6) is 0 Å². The first-order valence-corrected chi connectivity index (χ1v) is 9.83. The lowest BCUT2D eigenvalue weighted by molar-refractivity contribution is -0.135. The number of amides is 3. The van der Waals surface area contributed by atoms with Gasteiger partial charge in [0.05, 0.1) is 6.04 Å². The van der Waals surface area contributed by atoms with E-state index in [1.54, 1.807) is 4.90 Å². The predicted octanol–water partition coefficient (Wildman–Crippen LogP) is 1.83. The van der Waals surface area contributed by atoms with Gasteiger partial charge in [0.15, 0.2) is 0 Å². The number of rotatable bonds is 5. The Labute approximate surface area is 160 Å². The van der Waals surface area contributed by atoms with Crippen LogP contribution in [-0.4, -0.2) is 59.7 Å². The first-order chi connectivity index (χ1) is 12.9. The Bertz CT molecular complexity index is 701. The van der Waals surface area contributed by atoms with Crippen molar-refractivity contribution in [2.24, 2.45) is 0 Å². The minimum absolute atomic E-state index is 0.0540. The summed E-state index contributed by atoms with van der Waals surface area (Å²) in [6, 6.07) is 8.20. The van der Waals surface area contributed by atoms with Crippen LogP contribution in [0.3, 0.4) is 0 Å². The van der Waals surface area contributed by atoms with Crippen molar-refractivity contribution in [3.05, 3.63) is 35.4 Å². The van der Waals surface area contributed by atoms with Crippen LogP contribution in [-0.2, 0) is 14.4 Å². The second-order valence-corrected chi connectivity index (χ2v) is 7.71. The largest absolute Gasteiger partial charge is 0.351 e. The Balaban J connectivity index is 1.63. The molecule has 6 heteroatoms. The molecule has 146 valence electrons. The monoisotopic (exact) mass is 371 g/mol. The zero-order chi connectivity index (χ0) is 19.4. The third kappa shape index (κ3) is 4.87. The zero-order valence-corrected chi connectivity index (χ0v) is 16.2. The van der Waals surface area contributed by atoms with Crippen molar-refractivity contribution in [3.8, 4) is 0 Å². The van der Waals surface area contributed by atoms with Gasteiger partial charge in [-0.25, -0.2) is 0 Å². The van der Waals surface area contributed by atoms with Gasteiger partial charge in [-0.15, -0.1) is 0 Å². The van der Waals surface area contributed by atoms with Crippen LogP contribution in [0.4, 0.5) is 0 Å². The number of nitrogens with zero attached hydrogens (tertiary/aromatic N) is 2. The van der Waals surface area contributed by atoms with E-state index in [9.17, 15) is 14.4 Å². The van der Waals surface area contributed by atoms with Crippen LogP contribution >= 0.6 is 0 Å². The number of carbonyl (C=O) groups excluding carboxylic acids is 3. The van der Waals surface area contributed by atoms with Crippen LogP contribution in [0, 0.1) is 6.92 Å². The molecule has 0 saturated carbocycles. The minimum Gasteiger partial charge on any atom is -0.351 e. The van der Waals surface area contributed by atoms with E-state index >= 15 is 0 Å². The molecular weight excluding hydrogens is 342 g/mol. The van der Waals surface area contributed by atoms with E-state index in [1.807, 2.05) is 11.8 Å². The van der Waals surface area contributed by atoms with E-state index in [1.165, 1.54) is 12.5 Å². The summed E-state index contributed by atoms with van der Waals surface area (Å²) in [5.74, 6) is 0.225. The van der Waals surface area contributed by atoms with E-state index in [-0.39, 0.29) is 29.7 Å². The lowest BCUT2D eigenvalue weighted by Crippen LogP contribution is -2.40. The average Bonchev–Trinajstić information content (AvgIpc) is 3.04. The molecule has 2 saturated heterocycles. The van der Waals surface area contributed by atoms with Gasteiger partial charge in [-0.2, -0.15) is 0 Å². The second kappa shape index (κ2) is 8.55. The SMILES string of the molecule is CC(=O)NC1CN(C(=O)CCN2CCCCC2=O)CC1c1ccc(C)cc1. The van der Waals surface area contributed by atoms with Crippen molar-refractivity contribution < 1.29 is 14.4 Å². The first kappa shape index (κ1) is 19.4. The van der Waals surface area contributed by atoms with E-state index < -0.39 is 0 Å². The van der Waals surface area contributed by atoms with Gasteiger partial charge < -0.3 is 15.1 Å². The van der Waals surface area contributed by atoms with Crippen molar-refractivity contribution in [3.63, 3.8) is 0 Å². The Morgan fingerprint density at radius 3 is 2.56 bits per heavy atom. The van der Waals surface area contributed by atoms with Crippen LogP contribution in [0.1, 0.15) is 49.7 Å². The zero-order valence-electron chi connectivity index (χ0n) is 16.2. The molecule has 1 aromatic rings. The number of hydrogen-bond acceptors (Lipinski definition) is 3. The molecule has 2 atom stereocenters. The van der Waals surface area contributed by atoms with Gasteiger partial charge >= 0.3 is 0 Å². The van der Waals surface area contributed by atoms with E-state index in [0.29, 0.717) is 32.5 Å². The molecule has 0 aromatic heterocycles. The lowest BCUT2D eigenvalue weighted by Gasteiger charge is -2.27. The molecule has 2 unspecified atom stereocenters. The molecule has 2 heterocycles. The molecule has 27 heavy (non-hydrogen) atoms. The van der Waals surface area contributed by atoms with Gasteiger partial charge in [-0.1, -0.05) is 29.8 Å². The molecule has 0 radical (unpaired) electrons. The lowest BCUT2D eigenvalue weighted by atomic mass is 9.93. The summed E-state index contributed by atoms with van der Waals surface area (Å²) in [5, 5.41) is 3.00. The predicted molar refractivity (Wildman–Crippen MR) is 103 cm³/mol. The number of hydrogen-bond donors (Lipinski definition) is 1. The Hall–Kier alpha value is -2.37. The highest BCUT2D eigenvalue weighted by Gasteiger charge is 2.36. The minimum atomic E-state index is -0.0784. The Morgan fingerprint density at radius 1 is 1.15 bits per heavy atom. The molecule has 0 aliphatic carbocycles. The molecule has 6 nitrogen and oxygen atoms in total. The third-order valence-corrected chi connectivity index (χ3v) is 5.58. The summed E-state index contributed by atoms with van der Waals surface area (Å²) >= 11 is 0. The Kier molecular flexibility index (Phi) is 6.14. The molecule has 2 aliphatic rings. The fraction of sp³-hybridized carbons (Fsp3) is 0.571. The fourth-order valence-corrected chi connectivity index (χ4v) is 4.05. The van der Waals surface area contributed by atoms with Crippen LogP contribution < -0.4 is 5.32 Å². The third-order valence-electron chi connectivity index (χ3n) is 5.58. The van der Waals surface area contributed by atoms with Crippen LogP contribution in [0.2, 0.25) is 0 Å². The fourth-order valence-electron chi connectivity index (χ4n) is 4.05. The maximum atomic E-state index is 12.7. The molecule has 2 aliphatic heterocycles. The van der Waals surface area contributed by atoms with Gasteiger partial charge in [0.2, 0.25) is 17.7 Å². The van der Waals surface area contributed by atoms with Crippen molar-refractivity contribution in [2.75, 3.05) is 26.2 Å². The normalized spacial score (nSPS) is 22.8. The summed E-state index contributed by atoms with van der Waals surface area (Å²) in [7, 11) is 0. The number of likely N-dealkylation sites (tertiary alicyclic amines) is 2. The summed E-state index contributed by atoms with van der Waals surface area (Å²) in [6.07, 6.45) is 2.91. The average molecular weight is 371 g/mol. The molecule has 1 N–H and O–H groups in total. The van der Waals surface area contributed by atoms with Crippen molar-refractivity contribution >= 4 is 17.7 Å². The summed E-state index contributed by atoms with van der Waals surface area (Å²) in [4.78, 5) is 39.9. The van der Waals surface area contributed by atoms with Gasteiger partial charge in [0.25, 0.3) is 0 Å². The number of nitrogens with one attached hydrogen (secondary N) is 1. The van der Waals surface area contributed by atoms with E-state index in [4.69, 9.17) is 0 Å². The summed E-state index contributed by atoms with van der Waals surface area (Å²) in [5.41, 5.74) is 2.33. The van der Waals surface area contributed by atoms with Gasteiger partial charge in [-0.3, -0.25) is 14.4 Å². The maximum absolute atomic E-state index is 12.7. The summed E-state index contributed by atoms with van der Waals surface area (Å²) in [6.45, 7) is 5.92. The van der Waals surface area contributed by atoms with Crippen molar-refractivity contribution in [1.29, 1.82) is 0 Å². The highest BCUT2D eigenvalue weighted by atomic mass is 16.2. The summed E-state index contributed by atoms with van der Waals surface area (Å²) < 4.78 is 0. The number of aryl methyl sites for hydroxylation is 1. The highest BCUT2D eigenvalue weighted by molar-refractivity contribution is 5.80. The second-order valence-electron chi connectivity index (χ2n) is 7.71. The van der Waals surface area contributed by atoms with Crippen LogP contribution in [0.15, 0.2) is 24.3 Å². The molecule has 1 aromatic carbocycles. The molecule has 3 rings (SSSR count). The van der Waals surface area contributed by atoms with Gasteiger partial charge in [0.1, 0.15) is 0 Å². The molecule has 0 spiro atoms. The molecule has 0 bridgehead atoms. The number of benzene rings is 1.